The lowest BCUT2D eigenvalue weighted by atomic mass is 10.2. The van der Waals surface area contributed by atoms with Gasteiger partial charge in [-0.15, -0.1) is 0 Å². The summed E-state index contributed by atoms with van der Waals surface area (Å²) in [4.78, 5) is 11.0. The van der Waals surface area contributed by atoms with Crippen LogP contribution in [-0.4, -0.2) is 10.9 Å². The number of aryl methyl sites for hydroxylation is 1. The average Bonchev–Trinajstić information content (AvgIpc) is 2.74. The molecule has 1 aromatic carbocycles. The zero-order chi connectivity index (χ0) is 12.3. The van der Waals surface area contributed by atoms with Gasteiger partial charge in [0, 0.05) is 17.3 Å². The fraction of sp³-hybridized carbons (Fsp3) is 0.214. The second-order valence-electron chi connectivity index (χ2n) is 3.93. The van der Waals surface area contributed by atoms with Crippen LogP contribution in [0.5, 0.6) is 0 Å². The van der Waals surface area contributed by atoms with E-state index in [9.17, 15) is 4.79 Å². The lowest BCUT2D eigenvalue weighted by Gasteiger charge is -2.10. The molecule has 0 unspecified atom stereocenters. The van der Waals surface area contributed by atoms with Crippen molar-refractivity contribution in [2.75, 3.05) is 0 Å². The molecule has 0 aliphatic carbocycles. The van der Waals surface area contributed by atoms with Gasteiger partial charge in [0.05, 0.1) is 5.69 Å². The Morgan fingerprint density at radius 2 is 1.88 bits per heavy atom. The van der Waals surface area contributed by atoms with Crippen molar-refractivity contribution in [3.05, 3.63) is 58.4 Å². The van der Waals surface area contributed by atoms with Crippen molar-refractivity contribution in [1.82, 2.24) is 4.57 Å². The van der Waals surface area contributed by atoms with E-state index in [2.05, 4.69) is 6.92 Å². The number of halogens is 1. The third kappa shape index (κ3) is 2.59. The van der Waals surface area contributed by atoms with E-state index in [1.165, 1.54) is 5.69 Å². The fourth-order valence-corrected chi connectivity index (χ4v) is 2.03. The van der Waals surface area contributed by atoms with Gasteiger partial charge < -0.3 is 4.57 Å². The molecule has 0 aliphatic rings. The first kappa shape index (κ1) is 11.9. The molecule has 0 spiro atoms. The molecule has 1 aromatic heterocycles. The molecule has 1 heterocycles. The molecule has 0 radical (unpaired) electrons. The molecule has 0 saturated heterocycles. The zero-order valence-corrected chi connectivity index (χ0v) is 10.4. The number of nitrogens with zero attached hydrogens (tertiary/aromatic N) is 1. The Morgan fingerprint density at radius 1 is 1.18 bits per heavy atom. The minimum atomic E-state index is 0.710. The Hall–Kier alpha value is -1.54. The number of rotatable bonds is 4. The van der Waals surface area contributed by atoms with E-state index < -0.39 is 0 Å². The van der Waals surface area contributed by atoms with Gasteiger partial charge in [-0.05, 0) is 36.2 Å². The lowest BCUT2D eigenvalue weighted by Crippen LogP contribution is -2.07. The molecule has 0 bridgehead atoms. The molecule has 0 atom stereocenters. The molecule has 3 heteroatoms. The van der Waals surface area contributed by atoms with Gasteiger partial charge in [0.15, 0.2) is 6.29 Å². The quantitative estimate of drug-likeness (QED) is 0.757. The lowest BCUT2D eigenvalue weighted by molar-refractivity contribution is 0.111. The summed E-state index contributed by atoms with van der Waals surface area (Å²) < 4.78 is 2.04. The van der Waals surface area contributed by atoms with Gasteiger partial charge in [-0.1, -0.05) is 30.7 Å². The van der Waals surface area contributed by atoms with Gasteiger partial charge in [0.1, 0.15) is 0 Å². The maximum atomic E-state index is 11.0. The van der Waals surface area contributed by atoms with E-state index in [-0.39, 0.29) is 0 Å². The highest BCUT2D eigenvalue weighted by atomic mass is 35.5. The Labute approximate surface area is 106 Å². The normalized spacial score (nSPS) is 10.5. The van der Waals surface area contributed by atoms with E-state index in [0.29, 0.717) is 6.54 Å². The summed E-state index contributed by atoms with van der Waals surface area (Å²) in [5.41, 5.74) is 3.03. The van der Waals surface area contributed by atoms with Crippen LogP contribution in [0, 0.1) is 0 Å². The van der Waals surface area contributed by atoms with Crippen LogP contribution in [0.25, 0.3) is 0 Å². The van der Waals surface area contributed by atoms with Crippen LogP contribution < -0.4 is 0 Å². The van der Waals surface area contributed by atoms with Gasteiger partial charge in [-0.2, -0.15) is 0 Å². The fourth-order valence-electron chi connectivity index (χ4n) is 1.90. The molecule has 0 amide bonds. The van der Waals surface area contributed by atoms with Crippen molar-refractivity contribution < 1.29 is 4.79 Å². The van der Waals surface area contributed by atoms with Gasteiger partial charge >= 0.3 is 0 Å². The summed E-state index contributed by atoms with van der Waals surface area (Å²) in [5.74, 6) is 0. The SMILES string of the molecule is CCc1ccc(C=O)n1Cc1ccc(Cl)cc1. The Morgan fingerprint density at radius 3 is 2.47 bits per heavy atom. The van der Waals surface area contributed by atoms with Crippen molar-refractivity contribution >= 4 is 17.9 Å². The van der Waals surface area contributed by atoms with Crippen molar-refractivity contribution in [1.29, 1.82) is 0 Å². The Kier molecular flexibility index (Phi) is 3.64. The molecular weight excluding hydrogens is 234 g/mol. The Balaban J connectivity index is 2.31. The minimum absolute atomic E-state index is 0.710. The molecule has 0 saturated carbocycles. The number of aldehydes is 1. The highest BCUT2D eigenvalue weighted by molar-refractivity contribution is 6.30. The minimum Gasteiger partial charge on any atom is -0.338 e. The predicted octanol–water partition coefficient (Wildman–Crippen LogP) is 3.56. The Bertz CT molecular complexity index is 514. The summed E-state index contributed by atoms with van der Waals surface area (Å²) in [5, 5.41) is 0.729. The van der Waals surface area contributed by atoms with Crippen LogP contribution in [0.2, 0.25) is 5.02 Å². The van der Waals surface area contributed by atoms with Crippen LogP contribution in [-0.2, 0) is 13.0 Å². The first-order chi connectivity index (χ1) is 8.24. The molecule has 88 valence electrons. The van der Waals surface area contributed by atoms with Crippen molar-refractivity contribution in [3.8, 4) is 0 Å². The zero-order valence-electron chi connectivity index (χ0n) is 9.69. The smallest absolute Gasteiger partial charge is 0.166 e. The van der Waals surface area contributed by atoms with Crippen molar-refractivity contribution in [3.63, 3.8) is 0 Å². The van der Waals surface area contributed by atoms with Crippen LogP contribution >= 0.6 is 11.6 Å². The number of benzene rings is 1. The molecule has 0 fully saturated rings. The number of hydrogen-bond acceptors (Lipinski definition) is 1. The van der Waals surface area contributed by atoms with E-state index >= 15 is 0 Å². The van der Waals surface area contributed by atoms with Gasteiger partial charge in [-0.3, -0.25) is 4.79 Å². The highest BCUT2D eigenvalue weighted by Gasteiger charge is 2.06. The summed E-state index contributed by atoms with van der Waals surface area (Å²) in [7, 11) is 0. The van der Waals surface area contributed by atoms with E-state index in [4.69, 9.17) is 11.6 Å². The average molecular weight is 248 g/mol. The first-order valence-electron chi connectivity index (χ1n) is 5.62. The highest BCUT2D eigenvalue weighted by Crippen LogP contribution is 2.14. The summed E-state index contributed by atoms with van der Waals surface area (Å²) >= 11 is 5.85. The monoisotopic (exact) mass is 247 g/mol. The van der Waals surface area contributed by atoms with Crippen molar-refractivity contribution in [2.24, 2.45) is 0 Å². The molecular formula is C14H14ClNO. The molecule has 2 nitrogen and oxygen atoms in total. The second kappa shape index (κ2) is 5.19. The standard InChI is InChI=1S/C14H14ClNO/c1-2-13-7-8-14(10-17)16(13)9-11-3-5-12(15)6-4-11/h3-8,10H,2,9H2,1H3. The van der Waals surface area contributed by atoms with Crippen molar-refractivity contribution in [2.45, 2.75) is 19.9 Å². The topological polar surface area (TPSA) is 22.0 Å². The number of carbonyl (C=O) groups is 1. The van der Waals surface area contributed by atoms with E-state index in [1.54, 1.807) is 0 Å². The first-order valence-corrected chi connectivity index (χ1v) is 6.00. The maximum absolute atomic E-state index is 11.0. The van der Waals surface area contributed by atoms with Gasteiger partial charge in [0.25, 0.3) is 0 Å². The number of aromatic nitrogens is 1. The second-order valence-corrected chi connectivity index (χ2v) is 4.37. The molecule has 2 aromatic rings. The van der Waals surface area contributed by atoms with E-state index in [0.717, 1.165) is 29.0 Å². The van der Waals surface area contributed by atoms with Gasteiger partial charge in [0.2, 0.25) is 0 Å². The summed E-state index contributed by atoms with van der Waals surface area (Å²) in [6.07, 6.45) is 1.82. The van der Waals surface area contributed by atoms with Gasteiger partial charge in [-0.25, -0.2) is 0 Å². The van der Waals surface area contributed by atoms with Crippen LogP contribution in [0.4, 0.5) is 0 Å². The number of hydrogen-bond donors (Lipinski definition) is 0. The predicted molar refractivity (Wildman–Crippen MR) is 69.8 cm³/mol. The van der Waals surface area contributed by atoms with E-state index in [1.807, 2.05) is 41.0 Å². The van der Waals surface area contributed by atoms with Crippen LogP contribution in [0.15, 0.2) is 36.4 Å². The molecule has 17 heavy (non-hydrogen) atoms. The maximum Gasteiger partial charge on any atom is 0.166 e. The summed E-state index contributed by atoms with van der Waals surface area (Å²) in [6, 6.07) is 11.6. The third-order valence-corrected chi connectivity index (χ3v) is 3.09. The molecule has 0 aliphatic heterocycles. The summed E-state index contributed by atoms with van der Waals surface area (Å²) in [6.45, 7) is 2.80. The van der Waals surface area contributed by atoms with Crippen LogP contribution in [0.3, 0.4) is 0 Å². The largest absolute Gasteiger partial charge is 0.338 e. The third-order valence-electron chi connectivity index (χ3n) is 2.84. The molecule has 2 rings (SSSR count). The van der Waals surface area contributed by atoms with Crippen LogP contribution in [0.1, 0.15) is 28.7 Å². The number of carbonyl (C=O) groups excluding carboxylic acids is 1. The molecule has 0 N–H and O–H groups in total.